The van der Waals surface area contributed by atoms with E-state index in [1.54, 1.807) is 0 Å². The maximum Gasteiger partial charge on any atom is 0.277 e. The second-order valence-electron chi connectivity index (χ2n) is 3.04. The average Bonchev–Trinajstić information content (AvgIpc) is 2.29. The first-order valence-corrected chi connectivity index (χ1v) is 4.96. The molecule has 0 spiro atoms. The summed E-state index contributed by atoms with van der Waals surface area (Å²) in [4.78, 5) is 15.1. The molecule has 1 N–H and O–H groups in total. The van der Waals surface area contributed by atoms with Crippen LogP contribution in [0.1, 0.15) is 10.5 Å². The topological polar surface area (TPSA) is 67.8 Å². The van der Waals surface area contributed by atoms with Crippen LogP contribution in [-0.2, 0) is 0 Å². The third kappa shape index (κ3) is 2.94. The highest BCUT2D eigenvalue weighted by Gasteiger charge is 2.09. The van der Waals surface area contributed by atoms with Gasteiger partial charge in [-0.15, -0.1) is 10.2 Å². The maximum absolute atomic E-state index is 12.8. The first-order chi connectivity index (χ1) is 8.15. The van der Waals surface area contributed by atoms with Gasteiger partial charge in [0, 0.05) is 0 Å². The van der Waals surface area contributed by atoms with Crippen LogP contribution in [0.15, 0.2) is 30.3 Å². The Hall–Kier alpha value is -2.08. The smallest absolute Gasteiger partial charge is 0.277 e. The van der Waals surface area contributed by atoms with Crippen molar-refractivity contribution in [2.24, 2.45) is 0 Å². The number of nitrogens with one attached hydrogen (secondary N) is 1. The number of carbonyl (C=O) groups is 1. The highest BCUT2D eigenvalue weighted by atomic mass is 35.5. The van der Waals surface area contributed by atoms with Crippen molar-refractivity contribution < 1.29 is 9.18 Å². The van der Waals surface area contributed by atoms with Crippen LogP contribution in [0.25, 0.3) is 0 Å². The number of nitrogens with zero attached hydrogens (tertiary/aromatic N) is 3. The van der Waals surface area contributed by atoms with Crippen molar-refractivity contribution in [3.05, 3.63) is 47.1 Å². The summed E-state index contributed by atoms with van der Waals surface area (Å²) in [6, 6.07) is 6.92. The summed E-state index contributed by atoms with van der Waals surface area (Å²) in [7, 11) is 0. The predicted molar refractivity (Wildman–Crippen MR) is 59.2 cm³/mol. The molecule has 0 aromatic carbocycles. The van der Waals surface area contributed by atoms with Gasteiger partial charge >= 0.3 is 0 Å². The van der Waals surface area contributed by atoms with E-state index < -0.39 is 11.9 Å². The van der Waals surface area contributed by atoms with Crippen LogP contribution in [0.4, 0.5) is 10.2 Å². The SMILES string of the molecule is O=C(Nc1cccc(F)n1)c1ccc(Cl)nn1. The molecule has 0 bridgehead atoms. The van der Waals surface area contributed by atoms with E-state index >= 15 is 0 Å². The predicted octanol–water partition coefficient (Wildman–Crippen LogP) is 1.92. The van der Waals surface area contributed by atoms with Crippen molar-refractivity contribution in [3.8, 4) is 0 Å². The highest BCUT2D eigenvalue weighted by molar-refractivity contribution is 6.29. The Bertz CT molecular complexity index is 546. The standard InChI is InChI=1S/C10H6ClFN4O/c11-7-5-4-6(15-16-7)10(17)14-9-3-1-2-8(12)13-9/h1-5H,(H,13,14,17). The monoisotopic (exact) mass is 252 g/mol. The van der Waals surface area contributed by atoms with Crippen molar-refractivity contribution in [2.75, 3.05) is 5.32 Å². The number of hydrogen-bond acceptors (Lipinski definition) is 4. The summed E-state index contributed by atoms with van der Waals surface area (Å²) >= 11 is 5.53. The fourth-order valence-electron chi connectivity index (χ4n) is 1.10. The summed E-state index contributed by atoms with van der Waals surface area (Å²) in [5, 5.41) is 9.67. The normalized spacial score (nSPS) is 10.0. The van der Waals surface area contributed by atoms with Gasteiger partial charge in [-0.25, -0.2) is 4.98 Å². The molecule has 0 unspecified atom stereocenters. The molecule has 86 valence electrons. The zero-order valence-corrected chi connectivity index (χ0v) is 9.15. The Morgan fingerprint density at radius 2 is 2.06 bits per heavy atom. The highest BCUT2D eigenvalue weighted by Crippen LogP contribution is 2.07. The summed E-state index contributed by atoms with van der Waals surface area (Å²) < 4.78 is 12.8. The molecule has 0 atom stereocenters. The van der Waals surface area contributed by atoms with Gasteiger partial charge in [0.15, 0.2) is 10.8 Å². The molecule has 0 aliphatic heterocycles. The third-order valence-electron chi connectivity index (χ3n) is 1.82. The molecular formula is C10H6ClFN4O. The van der Waals surface area contributed by atoms with E-state index in [4.69, 9.17) is 11.6 Å². The summed E-state index contributed by atoms with van der Waals surface area (Å²) in [6.07, 6.45) is 0. The minimum absolute atomic E-state index is 0.0699. The van der Waals surface area contributed by atoms with E-state index in [0.717, 1.165) is 0 Å². The molecule has 2 heterocycles. The molecule has 2 rings (SSSR count). The number of aromatic nitrogens is 3. The van der Waals surface area contributed by atoms with E-state index in [1.807, 2.05) is 0 Å². The van der Waals surface area contributed by atoms with E-state index in [2.05, 4.69) is 20.5 Å². The maximum atomic E-state index is 12.8. The van der Waals surface area contributed by atoms with Crippen LogP contribution in [-0.4, -0.2) is 21.1 Å². The average molecular weight is 253 g/mol. The van der Waals surface area contributed by atoms with Crippen molar-refractivity contribution >= 4 is 23.3 Å². The number of carbonyl (C=O) groups excluding carboxylic acids is 1. The van der Waals surface area contributed by atoms with Gasteiger partial charge in [-0.3, -0.25) is 4.79 Å². The van der Waals surface area contributed by atoms with Gasteiger partial charge in [0.05, 0.1) is 0 Å². The molecule has 0 saturated carbocycles. The van der Waals surface area contributed by atoms with Crippen molar-refractivity contribution in [2.45, 2.75) is 0 Å². The lowest BCUT2D eigenvalue weighted by molar-refractivity contribution is 0.102. The number of rotatable bonds is 2. The molecule has 2 aromatic heterocycles. The van der Waals surface area contributed by atoms with Crippen LogP contribution in [0, 0.1) is 5.95 Å². The lowest BCUT2D eigenvalue weighted by Gasteiger charge is -2.02. The number of amides is 1. The zero-order chi connectivity index (χ0) is 12.3. The van der Waals surface area contributed by atoms with Crippen molar-refractivity contribution in [1.82, 2.24) is 15.2 Å². The number of pyridine rings is 1. The fraction of sp³-hybridized carbons (Fsp3) is 0. The lowest BCUT2D eigenvalue weighted by atomic mass is 10.3. The first-order valence-electron chi connectivity index (χ1n) is 4.58. The lowest BCUT2D eigenvalue weighted by Crippen LogP contribution is -2.15. The second kappa shape index (κ2) is 4.84. The molecular weight excluding hydrogens is 247 g/mol. The van der Waals surface area contributed by atoms with E-state index in [-0.39, 0.29) is 16.7 Å². The van der Waals surface area contributed by atoms with Crippen LogP contribution < -0.4 is 5.32 Å². The Morgan fingerprint density at radius 3 is 2.71 bits per heavy atom. The molecule has 1 amide bonds. The van der Waals surface area contributed by atoms with E-state index in [9.17, 15) is 9.18 Å². The number of halogens is 2. The molecule has 5 nitrogen and oxygen atoms in total. The van der Waals surface area contributed by atoms with Gasteiger partial charge in [0.25, 0.3) is 5.91 Å². The zero-order valence-electron chi connectivity index (χ0n) is 8.39. The van der Waals surface area contributed by atoms with E-state index in [0.29, 0.717) is 0 Å². The Morgan fingerprint density at radius 1 is 1.24 bits per heavy atom. The first kappa shape index (κ1) is 11.4. The van der Waals surface area contributed by atoms with Crippen molar-refractivity contribution in [3.63, 3.8) is 0 Å². The Balaban J connectivity index is 2.14. The van der Waals surface area contributed by atoms with Gasteiger partial charge < -0.3 is 5.32 Å². The van der Waals surface area contributed by atoms with E-state index in [1.165, 1.54) is 30.3 Å². The summed E-state index contributed by atoms with van der Waals surface area (Å²) in [5.41, 5.74) is 0.0699. The Labute approximate surface area is 101 Å². The fourth-order valence-corrected chi connectivity index (χ4v) is 1.20. The minimum Gasteiger partial charge on any atom is -0.305 e. The van der Waals surface area contributed by atoms with Crippen LogP contribution >= 0.6 is 11.6 Å². The van der Waals surface area contributed by atoms with Crippen LogP contribution in [0.5, 0.6) is 0 Å². The molecule has 0 fully saturated rings. The molecule has 0 aliphatic rings. The van der Waals surface area contributed by atoms with Gasteiger partial charge in [-0.1, -0.05) is 17.7 Å². The van der Waals surface area contributed by atoms with Gasteiger partial charge in [-0.05, 0) is 24.3 Å². The second-order valence-corrected chi connectivity index (χ2v) is 3.43. The van der Waals surface area contributed by atoms with Gasteiger partial charge in [0.2, 0.25) is 5.95 Å². The third-order valence-corrected chi connectivity index (χ3v) is 2.02. The van der Waals surface area contributed by atoms with Gasteiger partial charge in [0.1, 0.15) is 5.82 Å². The minimum atomic E-state index is -0.676. The molecule has 0 radical (unpaired) electrons. The molecule has 17 heavy (non-hydrogen) atoms. The summed E-state index contributed by atoms with van der Waals surface area (Å²) in [6.45, 7) is 0. The van der Waals surface area contributed by atoms with Crippen molar-refractivity contribution in [1.29, 1.82) is 0 Å². The summed E-state index contributed by atoms with van der Waals surface area (Å²) in [5.74, 6) is -1.11. The molecule has 0 aliphatic carbocycles. The Kier molecular flexibility index (Phi) is 3.24. The number of anilines is 1. The number of hydrogen-bond donors (Lipinski definition) is 1. The van der Waals surface area contributed by atoms with Gasteiger partial charge in [-0.2, -0.15) is 4.39 Å². The van der Waals surface area contributed by atoms with Crippen LogP contribution in [0.2, 0.25) is 5.15 Å². The molecule has 7 heteroatoms. The van der Waals surface area contributed by atoms with Crippen LogP contribution in [0.3, 0.4) is 0 Å². The quantitative estimate of drug-likeness (QED) is 0.829. The molecule has 0 saturated heterocycles. The largest absolute Gasteiger partial charge is 0.305 e. The molecule has 2 aromatic rings.